The molecule has 0 spiro atoms. The van der Waals surface area contributed by atoms with E-state index in [4.69, 9.17) is 4.74 Å². The molecular formula is C16H21N3O. The molecule has 20 heavy (non-hydrogen) atoms. The number of rotatable bonds is 4. The fraction of sp³-hybridized carbons (Fsp3) is 0.375. The van der Waals surface area contributed by atoms with Gasteiger partial charge in [0.25, 0.3) is 0 Å². The minimum Gasteiger partial charge on any atom is -0.481 e. The molecule has 0 radical (unpaired) electrons. The van der Waals surface area contributed by atoms with Gasteiger partial charge in [0.1, 0.15) is 11.6 Å². The van der Waals surface area contributed by atoms with E-state index >= 15 is 0 Å². The van der Waals surface area contributed by atoms with Crippen molar-refractivity contribution in [3.63, 3.8) is 0 Å². The summed E-state index contributed by atoms with van der Waals surface area (Å²) >= 11 is 0. The molecule has 1 aromatic carbocycles. The van der Waals surface area contributed by atoms with Crippen LogP contribution in [-0.2, 0) is 12.0 Å². The van der Waals surface area contributed by atoms with E-state index in [9.17, 15) is 0 Å². The molecular weight excluding hydrogens is 250 g/mol. The molecule has 1 aromatic heterocycles. The van der Waals surface area contributed by atoms with Gasteiger partial charge in [-0.2, -0.15) is 4.98 Å². The van der Waals surface area contributed by atoms with Crippen LogP contribution in [0.15, 0.2) is 36.4 Å². The lowest BCUT2D eigenvalue weighted by Crippen LogP contribution is -2.17. The number of nitrogens with one attached hydrogen (secondary N) is 1. The standard InChI is InChI=1S/C16H21N3O/c1-16(2,3)15-18-13(10-14(19-15)20-4)17-11-12-8-6-5-7-9-12/h5-10H,11H2,1-4H3,(H,17,18,19). The zero-order chi connectivity index (χ0) is 14.6. The Bertz CT molecular complexity index is 562. The summed E-state index contributed by atoms with van der Waals surface area (Å²) in [5.74, 6) is 2.14. The first-order valence-electron chi connectivity index (χ1n) is 6.70. The van der Waals surface area contributed by atoms with Crippen molar-refractivity contribution in [1.82, 2.24) is 9.97 Å². The molecule has 4 nitrogen and oxygen atoms in total. The minimum atomic E-state index is -0.113. The molecule has 0 aliphatic heterocycles. The summed E-state index contributed by atoms with van der Waals surface area (Å²) in [5, 5.41) is 3.32. The highest BCUT2D eigenvalue weighted by Crippen LogP contribution is 2.23. The van der Waals surface area contributed by atoms with Crippen molar-refractivity contribution in [3.05, 3.63) is 47.8 Å². The summed E-state index contributed by atoms with van der Waals surface area (Å²) in [6, 6.07) is 12.0. The van der Waals surface area contributed by atoms with Gasteiger partial charge in [0.15, 0.2) is 0 Å². The molecule has 0 unspecified atom stereocenters. The van der Waals surface area contributed by atoms with Gasteiger partial charge in [0.05, 0.1) is 7.11 Å². The number of anilines is 1. The third-order valence-electron chi connectivity index (χ3n) is 2.90. The first kappa shape index (κ1) is 14.3. The van der Waals surface area contributed by atoms with Crippen LogP contribution in [0.25, 0.3) is 0 Å². The molecule has 0 atom stereocenters. The van der Waals surface area contributed by atoms with Crippen molar-refractivity contribution >= 4 is 5.82 Å². The Hall–Kier alpha value is -2.10. The maximum absolute atomic E-state index is 5.25. The topological polar surface area (TPSA) is 47.0 Å². The predicted octanol–water partition coefficient (Wildman–Crippen LogP) is 3.39. The zero-order valence-corrected chi connectivity index (χ0v) is 12.5. The number of hydrogen-bond donors (Lipinski definition) is 1. The van der Waals surface area contributed by atoms with Gasteiger partial charge in [0, 0.05) is 18.0 Å². The zero-order valence-electron chi connectivity index (χ0n) is 12.5. The van der Waals surface area contributed by atoms with Crippen molar-refractivity contribution in [2.75, 3.05) is 12.4 Å². The van der Waals surface area contributed by atoms with E-state index in [0.717, 1.165) is 18.2 Å². The van der Waals surface area contributed by atoms with Crippen LogP contribution in [0.4, 0.5) is 5.82 Å². The molecule has 2 aromatic rings. The molecule has 0 saturated heterocycles. The molecule has 0 bridgehead atoms. The van der Waals surface area contributed by atoms with Crippen LogP contribution in [-0.4, -0.2) is 17.1 Å². The number of ether oxygens (including phenoxy) is 1. The number of hydrogen-bond acceptors (Lipinski definition) is 4. The average molecular weight is 271 g/mol. The summed E-state index contributed by atoms with van der Waals surface area (Å²) in [4.78, 5) is 8.97. The van der Waals surface area contributed by atoms with Gasteiger partial charge in [-0.25, -0.2) is 4.98 Å². The number of benzene rings is 1. The first-order chi connectivity index (χ1) is 9.49. The predicted molar refractivity (Wildman–Crippen MR) is 81.1 cm³/mol. The second-order valence-corrected chi connectivity index (χ2v) is 5.71. The summed E-state index contributed by atoms with van der Waals surface area (Å²) in [7, 11) is 1.62. The van der Waals surface area contributed by atoms with Crippen LogP contribution in [0.3, 0.4) is 0 Å². The Balaban J connectivity index is 2.19. The van der Waals surface area contributed by atoms with E-state index in [1.165, 1.54) is 5.56 Å². The maximum Gasteiger partial charge on any atom is 0.218 e. The van der Waals surface area contributed by atoms with Gasteiger partial charge in [0.2, 0.25) is 5.88 Å². The molecule has 0 aliphatic rings. The van der Waals surface area contributed by atoms with Crippen LogP contribution >= 0.6 is 0 Å². The van der Waals surface area contributed by atoms with E-state index in [0.29, 0.717) is 5.88 Å². The lowest BCUT2D eigenvalue weighted by Gasteiger charge is -2.18. The average Bonchev–Trinajstić information content (AvgIpc) is 2.45. The Morgan fingerprint density at radius 1 is 1.10 bits per heavy atom. The Kier molecular flexibility index (Phi) is 4.23. The van der Waals surface area contributed by atoms with Crippen LogP contribution in [0, 0.1) is 0 Å². The first-order valence-corrected chi connectivity index (χ1v) is 6.70. The summed E-state index contributed by atoms with van der Waals surface area (Å²) in [6.45, 7) is 6.98. The number of nitrogens with zero attached hydrogens (tertiary/aromatic N) is 2. The molecule has 4 heteroatoms. The van der Waals surface area contributed by atoms with Crippen molar-refractivity contribution in [2.24, 2.45) is 0 Å². The quantitative estimate of drug-likeness (QED) is 0.926. The summed E-state index contributed by atoms with van der Waals surface area (Å²) in [5.41, 5.74) is 1.10. The van der Waals surface area contributed by atoms with Gasteiger partial charge < -0.3 is 10.1 Å². The molecule has 0 aliphatic carbocycles. The highest BCUT2D eigenvalue weighted by atomic mass is 16.5. The van der Waals surface area contributed by atoms with Gasteiger partial charge in [-0.15, -0.1) is 0 Å². The third-order valence-corrected chi connectivity index (χ3v) is 2.90. The maximum atomic E-state index is 5.25. The normalized spacial score (nSPS) is 11.2. The van der Waals surface area contributed by atoms with Crippen LogP contribution in [0.5, 0.6) is 5.88 Å². The van der Waals surface area contributed by atoms with E-state index < -0.39 is 0 Å². The van der Waals surface area contributed by atoms with Crippen LogP contribution in [0.2, 0.25) is 0 Å². The van der Waals surface area contributed by atoms with Gasteiger partial charge >= 0.3 is 0 Å². The second kappa shape index (κ2) is 5.90. The minimum absolute atomic E-state index is 0.113. The Morgan fingerprint density at radius 2 is 1.80 bits per heavy atom. The van der Waals surface area contributed by atoms with Crippen LogP contribution < -0.4 is 10.1 Å². The molecule has 0 saturated carbocycles. The fourth-order valence-corrected chi connectivity index (χ4v) is 1.74. The van der Waals surface area contributed by atoms with Gasteiger partial charge in [-0.1, -0.05) is 51.1 Å². The lowest BCUT2D eigenvalue weighted by atomic mass is 9.96. The number of aromatic nitrogens is 2. The summed E-state index contributed by atoms with van der Waals surface area (Å²) < 4.78 is 5.25. The van der Waals surface area contributed by atoms with E-state index in [-0.39, 0.29) is 5.41 Å². The van der Waals surface area contributed by atoms with Gasteiger partial charge in [-0.05, 0) is 5.56 Å². The van der Waals surface area contributed by atoms with E-state index in [2.05, 4.69) is 48.2 Å². The summed E-state index contributed by atoms with van der Waals surface area (Å²) in [6.07, 6.45) is 0. The highest BCUT2D eigenvalue weighted by Gasteiger charge is 2.19. The van der Waals surface area contributed by atoms with Crippen LogP contribution in [0.1, 0.15) is 32.2 Å². The lowest BCUT2D eigenvalue weighted by molar-refractivity contribution is 0.389. The van der Waals surface area contributed by atoms with E-state index in [1.54, 1.807) is 7.11 Å². The second-order valence-electron chi connectivity index (χ2n) is 5.71. The SMILES string of the molecule is COc1cc(NCc2ccccc2)nc(C(C)(C)C)n1. The van der Waals surface area contributed by atoms with Crippen molar-refractivity contribution in [3.8, 4) is 5.88 Å². The fourth-order valence-electron chi connectivity index (χ4n) is 1.74. The molecule has 1 heterocycles. The molecule has 0 fully saturated rings. The van der Waals surface area contributed by atoms with Gasteiger partial charge in [-0.3, -0.25) is 0 Å². The molecule has 2 rings (SSSR count). The highest BCUT2D eigenvalue weighted by molar-refractivity contribution is 5.40. The van der Waals surface area contributed by atoms with Crippen molar-refractivity contribution in [2.45, 2.75) is 32.7 Å². The van der Waals surface area contributed by atoms with E-state index in [1.807, 2.05) is 24.3 Å². The molecule has 1 N–H and O–H groups in total. The van der Waals surface area contributed by atoms with Crippen molar-refractivity contribution in [1.29, 1.82) is 0 Å². The number of methoxy groups -OCH3 is 1. The Morgan fingerprint density at radius 3 is 2.40 bits per heavy atom. The largest absolute Gasteiger partial charge is 0.481 e. The van der Waals surface area contributed by atoms with Crippen molar-refractivity contribution < 1.29 is 4.74 Å². The molecule has 106 valence electrons. The Labute approximate surface area is 120 Å². The monoisotopic (exact) mass is 271 g/mol. The molecule has 0 amide bonds. The third kappa shape index (κ3) is 3.70. The smallest absolute Gasteiger partial charge is 0.218 e.